The molecule has 1 aliphatic rings. The standard InChI is InChI=1S/C12H15F3N6/c13-12(14,15)8-3-1-2-5-20(7-8)11-19-18-10-9(16)17-4-6-21(10)11/h4,6,8H,1-3,5,7H2,(H2,16,17). The fourth-order valence-corrected chi connectivity index (χ4v) is 2.64. The van der Waals surface area contributed by atoms with Crippen LogP contribution in [-0.2, 0) is 0 Å². The molecule has 3 rings (SSSR count). The van der Waals surface area contributed by atoms with Crippen molar-refractivity contribution >= 4 is 17.4 Å². The first-order valence-corrected chi connectivity index (χ1v) is 6.73. The molecule has 2 N–H and O–H groups in total. The number of anilines is 2. The Morgan fingerprint density at radius 1 is 1.24 bits per heavy atom. The van der Waals surface area contributed by atoms with Crippen molar-refractivity contribution < 1.29 is 13.2 Å². The maximum absolute atomic E-state index is 13.0. The van der Waals surface area contributed by atoms with E-state index in [1.54, 1.807) is 15.5 Å². The van der Waals surface area contributed by atoms with Crippen molar-refractivity contribution in [2.45, 2.75) is 25.4 Å². The number of nitrogens with zero attached hydrogens (tertiary/aromatic N) is 5. The maximum Gasteiger partial charge on any atom is 0.393 e. The molecule has 21 heavy (non-hydrogen) atoms. The van der Waals surface area contributed by atoms with Gasteiger partial charge in [-0.25, -0.2) is 4.98 Å². The van der Waals surface area contributed by atoms with Crippen LogP contribution in [0, 0.1) is 5.92 Å². The van der Waals surface area contributed by atoms with Crippen molar-refractivity contribution in [3.05, 3.63) is 12.4 Å². The molecule has 0 aromatic carbocycles. The van der Waals surface area contributed by atoms with Gasteiger partial charge in [-0.3, -0.25) is 4.40 Å². The number of nitrogen functional groups attached to an aromatic ring is 1. The first kappa shape index (κ1) is 13.9. The van der Waals surface area contributed by atoms with Crippen LogP contribution in [0.15, 0.2) is 12.4 Å². The summed E-state index contributed by atoms with van der Waals surface area (Å²) >= 11 is 0. The molecule has 1 saturated heterocycles. The zero-order valence-corrected chi connectivity index (χ0v) is 11.2. The van der Waals surface area contributed by atoms with Crippen molar-refractivity contribution in [2.75, 3.05) is 23.7 Å². The number of hydrogen-bond donors (Lipinski definition) is 1. The summed E-state index contributed by atoms with van der Waals surface area (Å²) < 4.78 is 40.6. The van der Waals surface area contributed by atoms with Crippen LogP contribution < -0.4 is 10.6 Å². The molecule has 1 aliphatic heterocycles. The molecule has 2 aromatic rings. The molecule has 0 saturated carbocycles. The lowest BCUT2D eigenvalue weighted by Gasteiger charge is -2.25. The Labute approximate surface area is 118 Å². The summed E-state index contributed by atoms with van der Waals surface area (Å²) in [5.41, 5.74) is 6.05. The Morgan fingerprint density at radius 3 is 2.81 bits per heavy atom. The van der Waals surface area contributed by atoms with E-state index in [4.69, 9.17) is 5.73 Å². The number of nitrogens with two attached hydrogens (primary N) is 1. The van der Waals surface area contributed by atoms with Crippen molar-refractivity contribution in [1.29, 1.82) is 0 Å². The molecular formula is C12H15F3N6. The smallest absolute Gasteiger partial charge is 0.381 e. The zero-order valence-electron chi connectivity index (χ0n) is 11.2. The van der Waals surface area contributed by atoms with E-state index in [0.717, 1.165) is 0 Å². The number of rotatable bonds is 1. The Bertz CT molecular complexity index is 637. The van der Waals surface area contributed by atoms with Crippen molar-refractivity contribution in [2.24, 2.45) is 5.92 Å². The van der Waals surface area contributed by atoms with Crippen LogP contribution >= 0.6 is 0 Å². The Balaban J connectivity index is 1.95. The van der Waals surface area contributed by atoms with Crippen molar-refractivity contribution in [3.63, 3.8) is 0 Å². The van der Waals surface area contributed by atoms with E-state index in [-0.39, 0.29) is 18.8 Å². The van der Waals surface area contributed by atoms with Gasteiger partial charge in [-0.05, 0) is 12.8 Å². The van der Waals surface area contributed by atoms with E-state index in [1.807, 2.05) is 0 Å². The first-order valence-electron chi connectivity index (χ1n) is 6.73. The summed E-state index contributed by atoms with van der Waals surface area (Å²) in [6, 6.07) is 0. The Hall–Kier alpha value is -2.06. The highest BCUT2D eigenvalue weighted by atomic mass is 19.4. The third-order valence-electron chi connectivity index (χ3n) is 3.75. The van der Waals surface area contributed by atoms with Gasteiger partial charge in [0, 0.05) is 25.5 Å². The minimum absolute atomic E-state index is 0.105. The van der Waals surface area contributed by atoms with Crippen LogP contribution in [0.5, 0.6) is 0 Å². The van der Waals surface area contributed by atoms with Crippen LogP contribution in [0.25, 0.3) is 5.65 Å². The second-order valence-corrected chi connectivity index (χ2v) is 5.19. The molecule has 2 aromatic heterocycles. The summed E-state index contributed by atoms with van der Waals surface area (Å²) in [7, 11) is 0. The van der Waals surface area contributed by atoms with Gasteiger partial charge in [-0.15, -0.1) is 10.2 Å². The van der Waals surface area contributed by atoms with E-state index in [9.17, 15) is 13.2 Å². The van der Waals surface area contributed by atoms with E-state index < -0.39 is 12.1 Å². The van der Waals surface area contributed by atoms with Crippen LogP contribution in [-0.4, -0.2) is 38.8 Å². The van der Waals surface area contributed by atoms with Crippen molar-refractivity contribution in [1.82, 2.24) is 19.6 Å². The summed E-state index contributed by atoms with van der Waals surface area (Å²) in [6.45, 7) is 0.419. The van der Waals surface area contributed by atoms with E-state index >= 15 is 0 Å². The molecule has 1 fully saturated rings. The van der Waals surface area contributed by atoms with Gasteiger partial charge in [0.2, 0.25) is 11.6 Å². The summed E-state index contributed by atoms with van der Waals surface area (Å²) in [5, 5.41) is 7.90. The monoisotopic (exact) mass is 300 g/mol. The third-order valence-corrected chi connectivity index (χ3v) is 3.75. The van der Waals surface area contributed by atoms with Crippen LogP contribution in [0.2, 0.25) is 0 Å². The minimum Gasteiger partial charge on any atom is -0.381 e. The molecule has 9 heteroatoms. The topological polar surface area (TPSA) is 72.3 Å². The molecule has 0 aliphatic carbocycles. The molecule has 0 spiro atoms. The third kappa shape index (κ3) is 2.59. The fourth-order valence-electron chi connectivity index (χ4n) is 2.64. The Kier molecular flexibility index (Phi) is 3.34. The number of hydrogen-bond acceptors (Lipinski definition) is 5. The summed E-state index contributed by atoms with van der Waals surface area (Å²) in [6.07, 6.45) is 0.302. The quantitative estimate of drug-likeness (QED) is 0.870. The van der Waals surface area contributed by atoms with Gasteiger partial charge in [-0.2, -0.15) is 13.2 Å². The maximum atomic E-state index is 13.0. The lowest BCUT2D eigenvalue weighted by molar-refractivity contribution is -0.173. The molecule has 3 heterocycles. The van der Waals surface area contributed by atoms with Gasteiger partial charge in [0.05, 0.1) is 5.92 Å². The normalized spacial score (nSPS) is 20.7. The molecule has 6 nitrogen and oxygen atoms in total. The fraction of sp³-hybridized carbons (Fsp3) is 0.583. The second kappa shape index (κ2) is 5.05. The van der Waals surface area contributed by atoms with Crippen LogP contribution in [0.4, 0.5) is 24.9 Å². The van der Waals surface area contributed by atoms with Crippen LogP contribution in [0.1, 0.15) is 19.3 Å². The summed E-state index contributed by atoms with van der Waals surface area (Å²) in [5.74, 6) is -0.750. The first-order chi connectivity index (χ1) is 9.97. The van der Waals surface area contributed by atoms with Crippen molar-refractivity contribution in [3.8, 4) is 0 Å². The molecule has 0 radical (unpaired) electrons. The lowest BCUT2D eigenvalue weighted by atomic mass is 10.0. The van der Waals surface area contributed by atoms with Crippen LogP contribution in [0.3, 0.4) is 0 Å². The average Bonchev–Trinajstić information content (AvgIpc) is 2.68. The molecule has 1 atom stereocenters. The predicted molar refractivity (Wildman–Crippen MR) is 70.8 cm³/mol. The number of halogens is 3. The molecule has 114 valence electrons. The van der Waals surface area contributed by atoms with E-state index in [1.165, 1.54) is 6.20 Å². The van der Waals surface area contributed by atoms with Gasteiger partial charge in [0.1, 0.15) is 0 Å². The van der Waals surface area contributed by atoms with Gasteiger partial charge in [-0.1, -0.05) is 6.42 Å². The SMILES string of the molecule is Nc1nccn2c(N3CCCCC(C(F)(F)F)C3)nnc12. The highest BCUT2D eigenvalue weighted by molar-refractivity contribution is 5.61. The predicted octanol–water partition coefficient (Wildman–Crippen LogP) is 1.88. The zero-order chi connectivity index (χ0) is 15.0. The van der Waals surface area contributed by atoms with E-state index in [0.29, 0.717) is 31.0 Å². The lowest BCUT2D eigenvalue weighted by Crippen LogP contribution is -2.36. The van der Waals surface area contributed by atoms with Gasteiger partial charge in [0.25, 0.3) is 0 Å². The van der Waals surface area contributed by atoms with Gasteiger partial charge >= 0.3 is 6.18 Å². The number of alkyl halides is 3. The molecule has 0 bridgehead atoms. The highest BCUT2D eigenvalue weighted by Gasteiger charge is 2.41. The number of fused-ring (bicyclic) bond motifs is 1. The van der Waals surface area contributed by atoms with E-state index in [2.05, 4.69) is 15.2 Å². The Morgan fingerprint density at radius 2 is 2.05 bits per heavy atom. The largest absolute Gasteiger partial charge is 0.393 e. The minimum atomic E-state index is -4.19. The highest BCUT2D eigenvalue weighted by Crippen LogP contribution is 2.34. The molecule has 0 amide bonds. The molecule has 1 unspecified atom stereocenters. The number of aromatic nitrogens is 4. The molecular weight excluding hydrogens is 285 g/mol. The average molecular weight is 300 g/mol. The van der Waals surface area contributed by atoms with Gasteiger partial charge < -0.3 is 10.6 Å². The second-order valence-electron chi connectivity index (χ2n) is 5.19. The van der Waals surface area contributed by atoms with Gasteiger partial charge in [0.15, 0.2) is 5.82 Å². The summed E-state index contributed by atoms with van der Waals surface area (Å²) in [4.78, 5) is 5.52.